The lowest BCUT2D eigenvalue weighted by molar-refractivity contribution is 0.00484. The fourth-order valence-corrected chi connectivity index (χ4v) is 4.63. The Balaban J connectivity index is 1.63. The minimum absolute atomic E-state index is 0.520. The van der Waals surface area contributed by atoms with Crippen LogP contribution in [0.25, 0.3) is 0 Å². The number of rotatable bonds is 3. The molecule has 3 atom stereocenters. The summed E-state index contributed by atoms with van der Waals surface area (Å²) >= 11 is 0. The molecule has 2 bridgehead atoms. The highest BCUT2D eigenvalue weighted by molar-refractivity contribution is 5.13. The van der Waals surface area contributed by atoms with Gasteiger partial charge in [0.2, 0.25) is 0 Å². The molecule has 0 spiro atoms. The highest BCUT2D eigenvalue weighted by Gasteiger charge is 2.61. The Labute approximate surface area is 105 Å². The monoisotopic (exact) mass is 237 g/mol. The molecular weight excluding hydrogens is 210 g/mol. The number of hydrogen-bond acceptors (Lipinski definition) is 2. The highest BCUT2D eigenvalue weighted by Crippen LogP contribution is 2.65. The van der Waals surface area contributed by atoms with Crippen molar-refractivity contribution in [2.24, 2.45) is 16.7 Å². The SMILES string of the molecule is COC1CC(NC2CC3CCC2(C)C3(C)C)C1. The summed E-state index contributed by atoms with van der Waals surface area (Å²) in [7, 11) is 1.84. The Morgan fingerprint density at radius 2 is 1.82 bits per heavy atom. The third-order valence-corrected chi connectivity index (χ3v) is 6.66. The zero-order valence-electron chi connectivity index (χ0n) is 11.8. The van der Waals surface area contributed by atoms with Crippen molar-refractivity contribution in [2.75, 3.05) is 7.11 Å². The maximum Gasteiger partial charge on any atom is 0.0601 e. The molecule has 0 aliphatic heterocycles. The van der Waals surface area contributed by atoms with Gasteiger partial charge in [0, 0.05) is 19.2 Å². The molecule has 3 unspecified atom stereocenters. The van der Waals surface area contributed by atoms with Crippen LogP contribution < -0.4 is 5.32 Å². The van der Waals surface area contributed by atoms with Gasteiger partial charge in [0.15, 0.2) is 0 Å². The molecule has 0 radical (unpaired) electrons. The Hall–Kier alpha value is -0.0800. The third-order valence-electron chi connectivity index (χ3n) is 6.66. The first-order chi connectivity index (χ1) is 7.97. The van der Waals surface area contributed by atoms with Crippen molar-refractivity contribution >= 4 is 0 Å². The molecule has 3 fully saturated rings. The van der Waals surface area contributed by atoms with Crippen molar-refractivity contribution < 1.29 is 4.74 Å². The smallest absolute Gasteiger partial charge is 0.0601 e. The number of nitrogens with one attached hydrogen (secondary N) is 1. The second-order valence-corrected chi connectivity index (χ2v) is 7.36. The van der Waals surface area contributed by atoms with Crippen LogP contribution in [-0.4, -0.2) is 25.3 Å². The van der Waals surface area contributed by atoms with Gasteiger partial charge in [0.25, 0.3) is 0 Å². The van der Waals surface area contributed by atoms with Crippen LogP contribution in [0, 0.1) is 16.7 Å². The van der Waals surface area contributed by atoms with Crippen molar-refractivity contribution in [1.29, 1.82) is 0 Å². The summed E-state index contributed by atoms with van der Waals surface area (Å²) in [5, 5.41) is 3.93. The van der Waals surface area contributed by atoms with Crippen molar-refractivity contribution in [2.45, 2.75) is 71.1 Å². The Morgan fingerprint density at radius 1 is 1.12 bits per heavy atom. The lowest BCUT2D eigenvalue weighted by Gasteiger charge is -2.44. The largest absolute Gasteiger partial charge is 0.381 e. The van der Waals surface area contributed by atoms with Gasteiger partial charge >= 0.3 is 0 Å². The molecule has 0 aromatic heterocycles. The number of hydrogen-bond donors (Lipinski definition) is 1. The fourth-order valence-electron chi connectivity index (χ4n) is 4.63. The van der Waals surface area contributed by atoms with E-state index >= 15 is 0 Å². The van der Waals surface area contributed by atoms with E-state index in [4.69, 9.17) is 4.74 Å². The third kappa shape index (κ3) is 1.53. The van der Waals surface area contributed by atoms with E-state index in [9.17, 15) is 0 Å². The molecule has 3 saturated carbocycles. The van der Waals surface area contributed by atoms with Gasteiger partial charge in [-0.05, 0) is 48.9 Å². The van der Waals surface area contributed by atoms with Crippen LogP contribution in [0.3, 0.4) is 0 Å². The summed E-state index contributed by atoms with van der Waals surface area (Å²) in [5.74, 6) is 0.947. The molecule has 2 heteroatoms. The molecule has 3 rings (SSSR count). The molecule has 98 valence electrons. The normalized spacial score (nSPS) is 51.5. The quantitative estimate of drug-likeness (QED) is 0.815. The van der Waals surface area contributed by atoms with Gasteiger partial charge in [-0.1, -0.05) is 20.8 Å². The maximum absolute atomic E-state index is 5.37. The fraction of sp³-hybridized carbons (Fsp3) is 1.00. The van der Waals surface area contributed by atoms with Crippen molar-refractivity contribution in [1.82, 2.24) is 5.32 Å². The standard InChI is InChI=1S/C15H27NO/c1-14(2)10-5-6-15(14,3)13(7-10)16-11-8-12(9-11)17-4/h10-13,16H,5-9H2,1-4H3. The molecule has 1 N–H and O–H groups in total. The molecule has 3 aliphatic carbocycles. The molecule has 0 amide bonds. The van der Waals surface area contributed by atoms with Crippen LogP contribution in [0.15, 0.2) is 0 Å². The van der Waals surface area contributed by atoms with Crippen LogP contribution >= 0.6 is 0 Å². The summed E-state index contributed by atoms with van der Waals surface area (Å²) in [6, 6.07) is 1.47. The number of ether oxygens (including phenoxy) is 1. The highest BCUT2D eigenvalue weighted by atomic mass is 16.5. The molecule has 0 saturated heterocycles. The van der Waals surface area contributed by atoms with E-state index in [1.54, 1.807) is 0 Å². The molecule has 3 aliphatic rings. The van der Waals surface area contributed by atoms with E-state index in [0.29, 0.717) is 16.9 Å². The van der Waals surface area contributed by atoms with Crippen LogP contribution in [0.2, 0.25) is 0 Å². The lowest BCUT2D eigenvalue weighted by atomic mass is 9.69. The number of fused-ring (bicyclic) bond motifs is 2. The first-order valence-electron chi connectivity index (χ1n) is 7.26. The molecule has 0 aromatic rings. The minimum Gasteiger partial charge on any atom is -0.381 e. The average molecular weight is 237 g/mol. The van der Waals surface area contributed by atoms with Crippen LogP contribution in [0.5, 0.6) is 0 Å². The van der Waals surface area contributed by atoms with Crippen molar-refractivity contribution in [3.8, 4) is 0 Å². The first-order valence-corrected chi connectivity index (χ1v) is 7.26. The second kappa shape index (κ2) is 3.71. The molecule has 17 heavy (non-hydrogen) atoms. The molecule has 2 nitrogen and oxygen atoms in total. The Morgan fingerprint density at radius 3 is 2.29 bits per heavy atom. The summed E-state index contributed by atoms with van der Waals surface area (Å²) in [4.78, 5) is 0. The van der Waals surface area contributed by atoms with Gasteiger partial charge < -0.3 is 10.1 Å². The van der Waals surface area contributed by atoms with Gasteiger partial charge in [-0.2, -0.15) is 0 Å². The van der Waals surface area contributed by atoms with Gasteiger partial charge in [-0.25, -0.2) is 0 Å². The maximum atomic E-state index is 5.37. The predicted molar refractivity (Wildman–Crippen MR) is 70.0 cm³/mol. The molecular formula is C15H27NO. The topological polar surface area (TPSA) is 21.3 Å². The van der Waals surface area contributed by atoms with E-state index in [0.717, 1.165) is 18.0 Å². The summed E-state index contributed by atoms with van der Waals surface area (Å²) < 4.78 is 5.37. The average Bonchev–Trinajstić information content (AvgIpc) is 2.55. The number of methoxy groups -OCH3 is 1. The van der Waals surface area contributed by atoms with E-state index < -0.39 is 0 Å². The van der Waals surface area contributed by atoms with Crippen LogP contribution in [0.1, 0.15) is 52.9 Å². The van der Waals surface area contributed by atoms with E-state index in [1.807, 2.05) is 7.11 Å². The lowest BCUT2D eigenvalue weighted by Crippen LogP contribution is -2.54. The zero-order valence-corrected chi connectivity index (χ0v) is 11.8. The van der Waals surface area contributed by atoms with Crippen molar-refractivity contribution in [3.63, 3.8) is 0 Å². The van der Waals surface area contributed by atoms with E-state index in [2.05, 4.69) is 26.1 Å². The van der Waals surface area contributed by atoms with Gasteiger partial charge in [0.1, 0.15) is 0 Å². The molecule has 0 heterocycles. The second-order valence-electron chi connectivity index (χ2n) is 7.36. The van der Waals surface area contributed by atoms with E-state index in [-0.39, 0.29) is 0 Å². The van der Waals surface area contributed by atoms with Crippen LogP contribution in [-0.2, 0) is 4.74 Å². The minimum atomic E-state index is 0.520. The Bertz CT molecular complexity index is 308. The first kappa shape index (κ1) is 12.0. The zero-order chi connectivity index (χ0) is 12.3. The predicted octanol–water partition coefficient (Wildman–Crippen LogP) is 2.97. The Kier molecular flexibility index (Phi) is 2.61. The van der Waals surface area contributed by atoms with Crippen molar-refractivity contribution in [3.05, 3.63) is 0 Å². The summed E-state index contributed by atoms with van der Waals surface area (Å²) in [5.41, 5.74) is 1.06. The van der Waals surface area contributed by atoms with Crippen LogP contribution in [0.4, 0.5) is 0 Å². The summed E-state index contributed by atoms with van der Waals surface area (Å²) in [6.07, 6.45) is 7.22. The molecule has 0 aromatic carbocycles. The van der Waals surface area contributed by atoms with Gasteiger partial charge in [-0.3, -0.25) is 0 Å². The van der Waals surface area contributed by atoms with Gasteiger partial charge in [-0.15, -0.1) is 0 Å². The summed E-state index contributed by atoms with van der Waals surface area (Å²) in [6.45, 7) is 7.50. The van der Waals surface area contributed by atoms with Gasteiger partial charge in [0.05, 0.1) is 6.10 Å². The van der Waals surface area contributed by atoms with E-state index in [1.165, 1.54) is 32.1 Å².